The van der Waals surface area contributed by atoms with Crippen LogP contribution in [-0.4, -0.2) is 62.3 Å². The minimum Gasteiger partial charge on any atom is -0.383 e. The molecule has 16 heavy (non-hydrogen) atoms. The van der Waals surface area contributed by atoms with Gasteiger partial charge in [0.25, 0.3) is 0 Å². The third-order valence-electron chi connectivity index (χ3n) is 2.84. The van der Waals surface area contributed by atoms with Crippen LogP contribution in [0.3, 0.4) is 0 Å². The maximum atomic E-state index is 12.0. The van der Waals surface area contributed by atoms with Crippen molar-refractivity contribution in [2.24, 2.45) is 5.73 Å². The van der Waals surface area contributed by atoms with Gasteiger partial charge in [-0.2, -0.15) is 0 Å². The molecule has 0 aromatic heterocycles. The predicted molar refractivity (Wildman–Crippen MR) is 63.3 cm³/mol. The molecule has 94 valence electrons. The Labute approximate surface area is 97.5 Å². The highest BCUT2D eigenvalue weighted by Crippen LogP contribution is 2.10. The molecule has 0 aliphatic carbocycles. The Balaban J connectivity index is 2.34. The van der Waals surface area contributed by atoms with E-state index in [1.807, 2.05) is 4.90 Å². The minimum atomic E-state index is -0.108. The van der Waals surface area contributed by atoms with E-state index in [0.29, 0.717) is 13.2 Å². The fourth-order valence-corrected chi connectivity index (χ4v) is 2.02. The zero-order valence-electron chi connectivity index (χ0n) is 10.3. The van der Waals surface area contributed by atoms with Gasteiger partial charge < -0.3 is 20.3 Å². The molecule has 0 aromatic rings. The number of nitrogens with zero attached hydrogens (tertiary/aromatic N) is 2. The molecule has 0 spiro atoms. The number of amides is 2. The van der Waals surface area contributed by atoms with Crippen molar-refractivity contribution in [3.63, 3.8) is 0 Å². The minimum absolute atomic E-state index is 0.0891. The summed E-state index contributed by atoms with van der Waals surface area (Å²) in [7, 11) is 3.42. The Hall–Kier alpha value is -0.810. The normalized spacial score (nSPS) is 18.3. The third-order valence-corrected chi connectivity index (χ3v) is 2.84. The molecular formula is C11H23N3O2. The van der Waals surface area contributed by atoms with Crippen LogP contribution in [0.15, 0.2) is 0 Å². The van der Waals surface area contributed by atoms with E-state index in [4.69, 9.17) is 10.5 Å². The Bertz CT molecular complexity index is 217. The molecule has 0 bridgehead atoms. The van der Waals surface area contributed by atoms with Crippen molar-refractivity contribution in [2.75, 3.05) is 40.4 Å². The number of carbonyl (C=O) groups is 1. The fraction of sp³-hybridized carbons (Fsp3) is 0.909. The number of rotatable bonds is 4. The van der Waals surface area contributed by atoms with Gasteiger partial charge >= 0.3 is 6.03 Å². The Morgan fingerprint density at radius 3 is 2.62 bits per heavy atom. The van der Waals surface area contributed by atoms with Crippen LogP contribution in [0.1, 0.15) is 19.3 Å². The fourth-order valence-electron chi connectivity index (χ4n) is 2.02. The number of nitrogens with two attached hydrogens (primary N) is 1. The summed E-state index contributed by atoms with van der Waals surface area (Å²) in [5.74, 6) is 0. The van der Waals surface area contributed by atoms with E-state index in [9.17, 15) is 4.79 Å². The van der Waals surface area contributed by atoms with E-state index in [1.54, 1.807) is 19.1 Å². The van der Waals surface area contributed by atoms with Crippen LogP contribution in [0.25, 0.3) is 0 Å². The van der Waals surface area contributed by atoms with Gasteiger partial charge in [-0.05, 0) is 19.3 Å². The molecule has 1 aliphatic heterocycles. The summed E-state index contributed by atoms with van der Waals surface area (Å²) in [6.07, 6.45) is 3.46. The first-order chi connectivity index (χ1) is 7.65. The smallest absolute Gasteiger partial charge is 0.319 e. The van der Waals surface area contributed by atoms with Crippen LogP contribution in [0, 0.1) is 0 Å². The van der Waals surface area contributed by atoms with E-state index in [2.05, 4.69) is 0 Å². The number of piperidine rings is 1. The Kier molecular flexibility index (Phi) is 5.55. The van der Waals surface area contributed by atoms with E-state index < -0.39 is 0 Å². The molecule has 1 atom stereocenters. The maximum absolute atomic E-state index is 12.0. The zero-order chi connectivity index (χ0) is 12.0. The Morgan fingerprint density at radius 2 is 2.06 bits per heavy atom. The van der Waals surface area contributed by atoms with E-state index >= 15 is 0 Å². The number of carbonyl (C=O) groups excluding carboxylic acids is 1. The molecule has 1 aliphatic rings. The SMILES string of the molecule is COCC(N)CN(C)C(=O)N1CCCCC1. The second kappa shape index (κ2) is 6.70. The van der Waals surface area contributed by atoms with Crippen LogP contribution in [0.5, 0.6) is 0 Å². The van der Waals surface area contributed by atoms with Crippen molar-refractivity contribution in [3.05, 3.63) is 0 Å². The molecule has 0 aromatic carbocycles. The summed E-state index contributed by atoms with van der Waals surface area (Å²) in [5, 5.41) is 0. The number of hydrogen-bond donors (Lipinski definition) is 1. The van der Waals surface area contributed by atoms with Crippen LogP contribution >= 0.6 is 0 Å². The lowest BCUT2D eigenvalue weighted by Gasteiger charge is -2.32. The standard InChI is InChI=1S/C11H23N3O2/c1-13(8-10(12)9-16-2)11(15)14-6-4-3-5-7-14/h10H,3-9,12H2,1-2H3. The summed E-state index contributed by atoms with van der Waals surface area (Å²) in [4.78, 5) is 15.6. The second-order valence-electron chi connectivity index (χ2n) is 4.43. The average Bonchev–Trinajstić information content (AvgIpc) is 2.29. The van der Waals surface area contributed by atoms with Gasteiger partial charge in [-0.1, -0.05) is 0 Å². The Morgan fingerprint density at radius 1 is 1.44 bits per heavy atom. The van der Waals surface area contributed by atoms with Crippen molar-refractivity contribution >= 4 is 6.03 Å². The number of likely N-dealkylation sites (N-methyl/N-ethyl adjacent to an activating group) is 1. The van der Waals surface area contributed by atoms with Gasteiger partial charge in [-0.25, -0.2) is 4.79 Å². The van der Waals surface area contributed by atoms with Crippen LogP contribution in [-0.2, 0) is 4.74 Å². The van der Waals surface area contributed by atoms with Gasteiger partial charge in [0.1, 0.15) is 0 Å². The summed E-state index contributed by atoms with van der Waals surface area (Å²) in [6, 6.07) is -0.0185. The van der Waals surface area contributed by atoms with Crippen molar-refractivity contribution in [1.82, 2.24) is 9.80 Å². The summed E-state index contributed by atoms with van der Waals surface area (Å²) in [5.41, 5.74) is 5.82. The van der Waals surface area contributed by atoms with Gasteiger partial charge in [0.2, 0.25) is 0 Å². The van der Waals surface area contributed by atoms with Crippen molar-refractivity contribution in [2.45, 2.75) is 25.3 Å². The first-order valence-corrected chi connectivity index (χ1v) is 5.89. The van der Waals surface area contributed by atoms with Crippen LogP contribution in [0.4, 0.5) is 4.79 Å². The highest BCUT2D eigenvalue weighted by molar-refractivity contribution is 5.74. The van der Waals surface area contributed by atoms with E-state index in [0.717, 1.165) is 25.9 Å². The number of hydrogen-bond acceptors (Lipinski definition) is 3. The van der Waals surface area contributed by atoms with Crippen LogP contribution in [0.2, 0.25) is 0 Å². The van der Waals surface area contributed by atoms with E-state index in [-0.39, 0.29) is 12.1 Å². The van der Waals surface area contributed by atoms with Crippen molar-refractivity contribution in [3.8, 4) is 0 Å². The second-order valence-corrected chi connectivity index (χ2v) is 4.43. The molecule has 0 saturated carbocycles. The summed E-state index contributed by atoms with van der Waals surface area (Å²) >= 11 is 0. The molecule has 2 N–H and O–H groups in total. The number of ether oxygens (including phenoxy) is 1. The maximum Gasteiger partial charge on any atom is 0.319 e. The zero-order valence-corrected chi connectivity index (χ0v) is 10.3. The monoisotopic (exact) mass is 229 g/mol. The highest BCUT2D eigenvalue weighted by Gasteiger charge is 2.20. The summed E-state index contributed by atoms with van der Waals surface area (Å²) < 4.78 is 4.95. The molecule has 5 nitrogen and oxygen atoms in total. The largest absolute Gasteiger partial charge is 0.383 e. The van der Waals surface area contributed by atoms with Crippen molar-refractivity contribution in [1.29, 1.82) is 0 Å². The lowest BCUT2D eigenvalue weighted by atomic mass is 10.1. The average molecular weight is 229 g/mol. The van der Waals surface area contributed by atoms with Gasteiger partial charge in [-0.15, -0.1) is 0 Å². The van der Waals surface area contributed by atoms with Gasteiger partial charge in [0, 0.05) is 39.8 Å². The molecule has 2 amide bonds. The molecule has 0 radical (unpaired) electrons. The first-order valence-electron chi connectivity index (χ1n) is 5.89. The first kappa shape index (κ1) is 13.3. The molecule has 1 heterocycles. The molecule has 5 heteroatoms. The molecule has 1 unspecified atom stereocenters. The van der Waals surface area contributed by atoms with Gasteiger partial charge in [-0.3, -0.25) is 0 Å². The highest BCUT2D eigenvalue weighted by atomic mass is 16.5. The lowest BCUT2D eigenvalue weighted by molar-refractivity contribution is 0.135. The van der Waals surface area contributed by atoms with Crippen molar-refractivity contribution < 1.29 is 9.53 Å². The molecular weight excluding hydrogens is 206 g/mol. The summed E-state index contributed by atoms with van der Waals surface area (Å²) in [6.45, 7) is 2.78. The molecule has 1 rings (SSSR count). The van der Waals surface area contributed by atoms with E-state index in [1.165, 1.54) is 6.42 Å². The number of likely N-dealkylation sites (tertiary alicyclic amines) is 1. The number of urea groups is 1. The van der Waals surface area contributed by atoms with Gasteiger partial charge in [0.15, 0.2) is 0 Å². The molecule has 1 saturated heterocycles. The van der Waals surface area contributed by atoms with Crippen LogP contribution < -0.4 is 5.73 Å². The lowest BCUT2D eigenvalue weighted by Crippen LogP contribution is -2.48. The van der Waals surface area contributed by atoms with Gasteiger partial charge in [0.05, 0.1) is 6.61 Å². The number of methoxy groups -OCH3 is 1. The third kappa shape index (κ3) is 3.98. The topological polar surface area (TPSA) is 58.8 Å². The predicted octanol–water partition coefficient (Wildman–Crippen LogP) is 0.498. The molecule has 1 fully saturated rings. The quantitative estimate of drug-likeness (QED) is 0.763.